The number of ether oxygens (including phenoxy) is 1. The molecule has 0 spiro atoms. The molecule has 0 aromatic heterocycles. The highest BCUT2D eigenvalue weighted by Crippen LogP contribution is 2.55. The topological polar surface area (TPSA) is 67.4 Å². The van der Waals surface area contributed by atoms with Gasteiger partial charge in [-0.25, -0.2) is 4.79 Å². The summed E-state index contributed by atoms with van der Waals surface area (Å²) < 4.78 is 5.22. The molecule has 4 fully saturated rings. The zero-order chi connectivity index (χ0) is 16.8. The first-order valence-electron chi connectivity index (χ1n) is 8.96. The average molecular weight is 322 g/mol. The van der Waals surface area contributed by atoms with Crippen LogP contribution in [0.25, 0.3) is 0 Å². The first-order chi connectivity index (χ1) is 10.6. The largest absolute Gasteiger partial charge is 0.444 e. The summed E-state index contributed by atoms with van der Waals surface area (Å²) >= 11 is 0. The zero-order valence-electron chi connectivity index (χ0n) is 14.8. The monoisotopic (exact) mass is 322 g/mol. The van der Waals surface area contributed by atoms with Crippen LogP contribution < -0.4 is 10.6 Å². The summed E-state index contributed by atoms with van der Waals surface area (Å²) in [4.78, 5) is 24.4. The van der Waals surface area contributed by atoms with Gasteiger partial charge in [0.1, 0.15) is 11.6 Å². The number of alkyl carbamates (subject to hydrolysis) is 1. The summed E-state index contributed by atoms with van der Waals surface area (Å²) in [6.45, 7) is 7.16. The molecule has 4 rings (SSSR count). The summed E-state index contributed by atoms with van der Waals surface area (Å²) in [7, 11) is 0. The summed E-state index contributed by atoms with van der Waals surface area (Å²) in [6.07, 6.45) is 6.85. The molecular weight excluding hydrogens is 292 g/mol. The van der Waals surface area contributed by atoms with Crippen molar-refractivity contribution in [2.75, 3.05) is 0 Å². The molecule has 23 heavy (non-hydrogen) atoms. The molecule has 0 radical (unpaired) electrons. The third-order valence-electron chi connectivity index (χ3n) is 5.55. The fraction of sp³-hybridized carbons (Fsp3) is 0.889. The van der Waals surface area contributed by atoms with E-state index in [4.69, 9.17) is 4.74 Å². The van der Waals surface area contributed by atoms with E-state index in [9.17, 15) is 9.59 Å². The number of hydrogen-bond donors (Lipinski definition) is 2. The Bertz CT molecular complexity index is 460. The highest BCUT2D eigenvalue weighted by molar-refractivity contribution is 5.85. The molecule has 1 atom stereocenters. The third kappa shape index (κ3) is 3.81. The molecule has 0 aromatic carbocycles. The molecule has 5 heteroatoms. The number of carbonyl (C=O) groups is 2. The van der Waals surface area contributed by atoms with Gasteiger partial charge in [-0.1, -0.05) is 0 Å². The van der Waals surface area contributed by atoms with Crippen LogP contribution in [0.3, 0.4) is 0 Å². The molecule has 2 N–H and O–H groups in total. The Hall–Kier alpha value is -1.26. The van der Waals surface area contributed by atoms with Gasteiger partial charge < -0.3 is 15.4 Å². The standard InChI is InChI=1S/C18H30N2O3/c1-11(19-16(22)23-17(2,3)4)15(21)20-18-8-12-5-13(9-18)7-14(6-12)10-18/h11-14H,5-10H2,1-4H3,(H,19,22)(H,20,21)/t11-,12?,13?,14?,18?/m0/s1. The summed E-state index contributed by atoms with van der Waals surface area (Å²) in [5, 5.41) is 5.93. The first kappa shape index (κ1) is 16.6. The van der Waals surface area contributed by atoms with Crippen LogP contribution in [0, 0.1) is 17.8 Å². The molecular formula is C18H30N2O3. The average Bonchev–Trinajstić information content (AvgIpc) is 2.33. The van der Waals surface area contributed by atoms with Crippen molar-refractivity contribution in [2.45, 2.75) is 83.4 Å². The Labute approximate surface area is 138 Å². The van der Waals surface area contributed by atoms with Gasteiger partial charge in [-0.15, -0.1) is 0 Å². The van der Waals surface area contributed by atoms with E-state index < -0.39 is 17.7 Å². The lowest BCUT2D eigenvalue weighted by Crippen LogP contribution is -2.62. The fourth-order valence-corrected chi connectivity index (χ4v) is 5.18. The normalized spacial score (nSPS) is 36.4. The molecule has 130 valence electrons. The van der Waals surface area contributed by atoms with Gasteiger partial charge in [0.05, 0.1) is 0 Å². The Balaban J connectivity index is 1.55. The lowest BCUT2D eigenvalue weighted by Gasteiger charge is -2.57. The smallest absolute Gasteiger partial charge is 0.408 e. The van der Waals surface area contributed by atoms with Crippen LogP contribution >= 0.6 is 0 Å². The lowest BCUT2D eigenvalue weighted by atomic mass is 9.53. The number of rotatable bonds is 3. The van der Waals surface area contributed by atoms with Crippen LogP contribution in [-0.4, -0.2) is 29.2 Å². The number of hydrogen-bond acceptors (Lipinski definition) is 3. The molecule has 0 saturated heterocycles. The number of amides is 2. The number of carbonyl (C=O) groups excluding carboxylic acids is 2. The van der Waals surface area contributed by atoms with Crippen molar-refractivity contribution >= 4 is 12.0 Å². The van der Waals surface area contributed by atoms with E-state index in [0.717, 1.165) is 37.0 Å². The highest BCUT2D eigenvalue weighted by atomic mass is 16.6. The Morgan fingerprint density at radius 2 is 1.52 bits per heavy atom. The molecule has 2 amide bonds. The second kappa shape index (κ2) is 5.67. The Morgan fingerprint density at radius 1 is 1.04 bits per heavy atom. The van der Waals surface area contributed by atoms with E-state index >= 15 is 0 Å². The molecule has 4 aliphatic carbocycles. The quantitative estimate of drug-likeness (QED) is 0.839. The molecule has 0 unspecified atom stereocenters. The second-order valence-corrected chi connectivity index (χ2v) is 9.06. The van der Waals surface area contributed by atoms with E-state index in [1.807, 2.05) is 20.8 Å². The molecule has 4 saturated carbocycles. The Kier molecular flexibility index (Phi) is 4.09. The molecule has 4 aliphatic rings. The predicted octanol–water partition coefficient (Wildman–Crippen LogP) is 2.98. The van der Waals surface area contributed by atoms with Crippen LogP contribution in [0.1, 0.15) is 66.2 Å². The van der Waals surface area contributed by atoms with Gasteiger partial charge in [0, 0.05) is 5.54 Å². The summed E-state index contributed by atoms with van der Waals surface area (Å²) in [5.41, 5.74) is -0.574. The highest BCUT2D eigenvalue weighted by Gasteiger charge is 2.51. The van der Waals surface area contributed by atoms with E-state index in [1.54, 1.807) is 6.92 Å². The first-order valence-corrected chi connectivity index (χ1v) is 8.96. The van der Waals surface area contributed by atoms with Gasteiger partial charge in [-0.05, 0) is 84.0 Å². The van der Waals surface area contributed by atoms with Gasteiger partial charge in [0.15, 0.2) is 0 Å². The van der Waals surface area contributed by atoms with Crippen molar-refractivity contribution in [3.63, 3.8) is 0 Å². The molecule has 0 aliphatic heterocycles. The van der Waals surface area contributed by atoms with Gasteiger partial charge >= 0.3 is 6.09 Å². The van der Waals surface area contributed by atoms with Crippen LogP contribution in [0.4, 0.5) is 4.79 Å². The maximum atomic E-state index is 12.5. The molecule has 0 aromatic rings. The lowest BCUT2D eigenvalue weighted by molar-refractivity contribution is -0.128. The van der Waals surface area contributed by atoms with E-state index in [2.05, 4.69) is 10.6 Å². The molecule has 4 bridgehead atoms. The SMILES string of the molecule is C[C@H](NC(=O)OC(C)(C)C)C(=O)NC12CC3CC(CC(C3)C1)C2. The van der Waals surface area contributed by atoms with Crippen molar-refractivity contribution in [1.82, 2.24) is 10.6 Å². The van der Waals surface area contributed by atoms with Crippen molar-refractivity contribution in [3.05, 3.63) is 0 Å². The van der Waals surface area contributed by atoms with Crippen molar-refractivity contribution in [1.29, 1.82) is 0 Å². The zero-order valence-corrected chi connectivity index (χ0v) is 14.8. The van der Waals surface area contributed by atoms with Crippen LogP contribution in [0.5, 0.6) is 0 Å². The van der Waals surface area contributed by atoms with Gasteiger partial charge in [0.25, 0.3) is 0 Å². The van der Waals surface area contributed by atoms with Gasteiger partial charge in [-0.3, -0.25) is 4.79 Å². The van der Waals surface area contributed by atoms with E-state index in [0.29, 0.717) is 0 Å². The van der Waals surface area contributed by atoms with Crippen molar-refractivity contribution in [3.8, 4) is 0 Å². The second-order valence-electron chi connectivity index (χ2n) is 9.06. The fourth-order valence-electron chi connectivity index (χ4n) is 5.18. The van der Waals surface area contributed by atoms with Crippen molar-refractivity contribution in [2.24, 2.45) is 17.8 Å². The maximum absolute atomic E-state index is 12.5. The Morgan fingerprint density at radius 3 is 1.96 bits per heavy atom. The van der Waals surface area contributed by atoms with Crippen LogP contribution in [0.2, 0.25) is 0 Å². The van der Waals surface area contributed by atoms with Gasteiger partial charge in [0.2, 0.25) is 5.91 Å². The minimum Gasteiger partial charge on any atom is -0.444 e. The van der Waals surface area contributed by atoms with E-state index in [-0.39, 0.29) is 11.4 Å². The van der Waals surface area contributed by atoms with E-state index in [1.165, 1.54) is 19.3 Å². The van der Waals surface area contributed by atoms with Crippen LogP contribution in [-0.2, 0) is 9.53 Å². The predicted molar refractivity (Wildman–Crippen MR) is 87.9 cm³/mol. The minimum atomic E-state index is -0.571. The maximum Gasteiger partial charge on any atom is 0.408 e. The summed E-state index contributed by atoms with van der Waals surface area (Å²) in [5.74, 6) is 2.28. The van der Waals surface area contributed by atoms with Crippen LogP contribution in [0.15, 0.2) is 0 Å². The molecule has 0 heterocycles. The third-order valence-corrected chi connectivity index (χ3v) is 5.55. The minimum absolute atomic E-state index is 0.0181. The molecule has 5 nitrogen and oxygen atoms in total. The summed E-state index contributed by atoms with van der Waals surface area (Å²) in [6, 6.07) is -0.571. The van der Waals surface area contributed by atoms with Gasteiger partial charge in [-0.2, -0.15) is 0 Å². The van der Waals surface area contributed by atoms with Crippen molar-refractivity contribution < 1.29 is 14.3 Å². The number of nitrogens with one attached hydrogen (secondary N) is 2.